The van der Waals surface area contributed by atoms with Crippen LogP contribution in [0.5, 0.6) is 0 Å². The molecule has 4 aromatic rings. The Morgan fingerprint density at radius 3 is 1.61 bits per heavy atom. The SMILES string of the molecule is CC(=O)c1csc(-c2ccc(NC(=O)c3csc(-c4ccc(NC(=O)CCCN(C)C)cc4)n3)cc2)n1.CN(C)CCCC(=O)O. The Bertz CT molecular complexity index is 1600. The van der Waals surface area contributed by atoms with E-state index in [4.69, 9.17) is 5.11 Å². The quantitative estimate of drug-likeness (QED) is 0.137. The molecule has 0 aliphatic heterocycles. The zero-order valence-corrected chi connectivity index (χ0v) is 28.3. The maximum absolute atomic E-state index is 12.7. The Labute approximate surface area is 277 Å². The number of carboxylic acid groups (broad SMARTS) is 1. The fourth-order valence-electron chi connectivity index (χ4n) is 3.99. The first-order valence-corrected chi connectivity index (χ1v) is 16.4. The third kappa shape index (κ3) is 12.2. The molecule has 0 unspecified atom stereocenters. The van der Waals surface area contributed by atoms with Crippen molar-refractivity contribution in [2.24, 2.45) is 0 Å². The van der Waals surface area contributed by atoms with Crippen LogP contribution in [0.3, 0.4) is 0 Å². The van der Waals surface area contributed by atoms with Crippen molar-refractivity contribution in [2.75, 3.05) is 51.9 Å². The lowest BCUT2D eigenvalue weighted by Crippen LogP contribution is -2.17. The average Bonchev–Trinajstić information content (AvgIpc) is 3.69. The summed E-state index contributed by atoms with van der Waals surface area (Å²) in [5.41, 5.74) is 3.89. The predicted molar refractivity (Wildman–Crippen MR) is 185 cm³/mol. The number of nitrogens with zero attached hydrogens (tertiary/aromatic N) is 4. The van der Waals surface area contributed by atoms with Crippen LogP contribution in [0, 0.1) is 0 Å². The number of carbonyl (C=O) groups excluding carboxylic acids is 3. The van der Waals surface area contributed by atoms with Crippen LogP contribution in [-0.4, -0.2) is 89.7 Å². The molecule has 2 amide bonds. The summed E-state index contributed by atoms with van der Waals surface area (Å²) in [6.45, 7) is 3.21. The Kier molecular flexibility index (Phi) is 14.2. The summed E-state index contributed by atoms with van der Waals surface area (Å²) in [5, 5.41) is 18.9. The maximum Gasteiger partial charge on any atom is 0.303 e. The fourth-order valence-corrected chi connectivity index (χ4v) is 5.66. The Morgan fingerprint density at radius 1 is 0.696 bits per heavy atom. The summed E-state index contributed by atoms with van der Waals surface area (Å²) >= 11 is 2.79. The highest BCUT2D eigenvalue weighted by Gasteiger charge is 2.14. The molecule has 0 aliphatic rings. The summed E-state index contributed by atoms with van der Waals surface area (Å²) in [7, 11) is 7.83. The largest absolute Gasteiger partial charge is 0.481 e. The van der Waals surface area contributed by atoms with Crippen molar-refractivity contribution < 1.29 is 24.3 Å². The van der Waals surface area contributed by atoms with Gasteiger partial charge >= 0.3 is 5.97 Å². The van der Waals surface area contributed by atoms with Gasteiger partial charge < -0.3 is 25.5 Å². The second-order valence-electron chi connectivity index (χ2n) is 11.0. The smallest absolute Gasteiger partial charge is 0.303 e. The monoisotopic (exact) mass is 664 g/mol. The summed E-state index contributed by atoms with van der Waals surface area (Å²) in [5.74, 6) is -1.09. The third-order valence-electron chi connectivity index (χ3n) is 6.41. The van der Waals surface area contributed by atoms with Gasteiger partial charge in [-0.3, -0.25) is 19.2 Å². The first kappa shape index (κ1) is 36.2. The molecular formula is C33H40N6O5S2. The molecule has 0 aliphatic carbocycles. The van der Waals surface area contributed by atoms with E-state index in [-0.39, 0.29) is 24.0 Å². The zero-order chi connectivity index (χ0) is 33.6. The topological polar surface area (TPSA) is 145 Å². The van der Waals surface area contributed by atoms with Gasteiger partial charge in [-0.25, -0.2) is 9.97 Å². The van der Waals surface area contributed by atoms with Crippen LogP contribution in [0.25, 0.3) is 21.1 Å². The number of anilines is 2. The van der Waals surface area contributed by atoms with Gasteiger partial charge in [0.05, 0.1) is 0 Å². The molecule has 11 nitrogen and oxygen atoms in total. The molecule has 244 valence electrons. The van der Waals surface area contributed by atoms with Crippen LogP contribution in [0.4, 0.5) is 11.4 Å². The Balaban J connectivity index is 0.000000559. The molecule has 2 heterocycles. The van der Waals surface area contributed by atoms with Gasteiger partial charge in [0.15, 0.2) is 5.78 Å². The molecule has 0 saturated carbocycles. The summed E-state index contributed by atoms with van der Waals surface area (Å²) in [6.07, 6.45) is 2.29. The lowest BCUT2D eigenvalue weighted by molar-refractivity contribution is -0.137. The van der Waals surface area contributed by atoms with Gasteiger partial charge in [-0.2, -0.15) is 0 Å². The number of hydrogen-bond donors (Lipinski definition) is 3. The van der Waals surface area contributed by atoms with Gasteiger partial charge in [0.25, 0.3) is 5.91 Å². The Morgan fingerprint density at radius 2 is 1.15 bits per heavy atom. The van der Waals surface area contributed by atoms with Crippen LogP contribution >= 0.6 is 22.7 Å². The highest BCUT2D eigenvalue weighted by Crippen LogP contribution is 2.27. The zero-order valence-electron chi connectivity index (χ0n) is 26.7. The van der Waals surface area contributed by atoms with Crippen molar-refractivity contribution in [2.45, 2.75) is 32.6 Å². The normalized spacial score (nSPS) is 10.8. The molecule has 0 atom stereocenters. The van der Waals surface area contributed by atoms with Crippen LogP contribution in [0.15, 0.2) is 59.3 Å². The van der Waals surface area contributed by atoms with E-state index in [0.717, 1.165) is 52.8 Å². The van der Waals surface area contributed by atoms with Gasteiger partial charge in [0, 0.05) is 53.0 Å². The van der Waals surface area contributed by atoms with E-state index in [1.165, 1.54) is 29.6 Å². The molecule has 0 fully saturated rings. The van der Waals surface area contributed by atoms with Gasteiger partial charge in [0.2, 0.25) is 5.91 Å². The lowest BCUT2D eigenvalue weighted by Gasteiger charge is -2.09. The molecule has 0 radical (unpaired) electrons. The number of ketones is 1. The van der Waals surface area contributed by atoms with Gasteiger partial charge in [-0.1, -0.05) is 0 Å². The van der Waals surface area contributed by atoms with E-state index >= 15 is 0 Å². The van der Waals surface area contributed by atoms with Crippen LogP contribution in [0.2, 0.25) is 0 Å². The second-order valence-corrected chi connectivity index (χ2v) is 12.7. The molecule has 4 rings (SSSR count). The van der Waals surface area contributed by atoms with E-state index in [1.807, 2.05) is 69.5 Å². The highest BCUT2D eigenvalue weighted by molar-refractivity contribution is 7.13. The van der Waals surface area contributed by atoms with Crippen molar-refractivity contribution >= 4 is 57.6 Å². The van der Waals surface area contributed by atoms with Crippen molar-refractivity contribution in [1.29, 1.82) is 0 Å². The predicted octanol–water partition coefficient (Wildman–Crippen LogP) is 6.08. The first-order chi connectivity index (χ1) is 21.9. The molecule has 0 spiro atoms. The maximum atomic E-state index is 12.7. The minimum Gasteiger partial charge on any atom is -0.481 e. The van der Waals surface area contributed by atoms with Crippen LogP contribution in [-0.2, 0) is 9.59 Å². The van der Waals surface area contributed by atoms with Crippen molar-refractivity contribution in [1.82, 2.24) is 19.8 Å². The standard InChI is InChI=1S/C27H27N5O3S2.C6H13NO2/c1-17(33)22-15-36-26(30-22)18-8-12-21(13-9-18)29-25(35)23-16-37-27(31-23)19-6-10-20(11-7-19)28-24(34)5-4-14-32(2)3;1-7(2)5-3-4-6(8)9/h6-13,15-16H,4-5,14H2,1-3H3,(H,28,34)(H,29,35);3-5H2,1-2H3,(H,8,9). The molecule has 2 aromatic carbocycles. The summed E-state index contributed by atoms with van der Waals surface area (Å²) in [4.78, 5) is 59.1. The van der Waals surface area contributed by atoms with E-state index in [0.29, 0.717) is 23.5 Å². The number of amides is 2. The van der Waals surface area contributed by atoms with Crippen LogP contribution in [0.1, 0.15) is 53.6 Å². The molecule has 13 heteroatoms. The average molecular weight is 665 g/mol. The minimum atomic E-state index is -0.711. The van der Waals surface area contributed by atoms with E-state index in [2.05, 4.69) is 25.5 Å². The van der Waals surface area contributed by atoms with E-state index < -0.39 is 5.97 Å². The number of Topliss-reactive ketones (excluding diaryl/α,β-unsaturated/α-hetero) is 1. The van der Waals surface area contributed by atoms with Crippen molar-refractivity contribution in [3.05, 3.63) is 70.7 Å². The number of nitrogens with one attached hydrogen (secondary N) is 2. The molecule has 0 saturated heterocycles. The van der Waals surface area contributed by atoms with Crippen molar-refractivity contribution in [3.8, 4) is 21.1 Å². The fraction of sp³-hybridized carbons (Fsp3) is 0.333. The molecule has 0 bridgehead atoms. The third-order valence-corrected chi connectivity index (χ3v) is 8.19. The van der Waals surface area contributed by atoms with Gasteiger partial charge in [0.1, 0.15) is 21.4 Å². The van der Waals surface area contributed by atoms with E-state index in [1.54, 1.807) is 22.9 Å². The van der Waals surface area contributed by atoms with Gasteiger partial charge in [-0.15, -0.1) is 22.7 Å². The number of benzene rings is 2. The number of rotatable bonds is 14. The molecule has 3 N–H and O–H groups in total. The number of thiazole rings is 2. The Hall–Kier alpha value is -4.30. The minimum absolute atomic E-state index is 0.0108. The molecule has 46 heavy (non-hydrogen) atoms. The van der Waals surface area contributed by atoms with Crippen LogP contribution < -0.4 is 10.6 Å². The van der Waals surface area contributed by atoms with Crippen molar-refractivity contribution in [3.63, 3.8) is 0 Å². The van der Waals surface area contributed by atoms with E-state index in [9.17, 15) is 19.2 Å². The molecular weight excluding hydrogens is 625 g/mol. The first-order valence-electron chi connectivity index (χ1n) is 14.7. The number of hydrogen-bond acceptors (Lipinski definition) is 10. The summed E-state index contributed by atoms with van der Waals surface area (Å²) in [6, 6.07) is 14.7. The number of carboxylic acids is 1. The summed E-state index contributed by atoms with van der Waals surface area (Å²) < 4.78 is 0. The second kappa shape index (κ2) is 18.0. The molecule has 2 aromatic heterocycles. The highest BCUT2D eigenvalue weighted by atomic mass is 32.1. The number of carbonyl (C=O) groups is 4. The number of aromatic nitrogens is 2. The van der Waals surface area contributed by atoms with Gasteiger partial charge in [-0.05, 0) is 103 Å². The number of aliphatic carboxylic acids is 1. The lowest BCUT2D eigenvalue weighted by atomic mass is 10.2.